The van der Waals surface area contributed by atoms with Crippen molar-refractivity contribution in [2.75, 3.05) is 49.7 Å². The number of ether oxygens (including phenoxy) is 2. The lowest BCUT2D eigenvalue weighted by Gasteiger charge is -2.29. The van der Waals surface area contributed by atoms with E-state index in [1.54, 1.807) is 0 Å². The Kier molecular flexibility index (Phi) is 4.38. The average molecular weight is 277 g/mol. The molecule has 20 heavy (non-hydrogen) atoms. The lowest BCUT2D eigenvalue weighted by molar-refractivity contribution is 0.0875. The highest BCUT2D eigenvalue weighted by molar-refractivity contribution is 5.50. The Labute approximate surface area is 120 Å². The predicted octanol–water partition coefficient (Wildman–Crippen LogP) is 1.82. The van der Waals surface area contributed by atoms with Gasteiger partial charge in [0.2, 0.25) is 0 Å². The van der Waals surface area contributed by atoms with Crippen molar-refractivity contribution in [1.29, 1.82) is 0 Å². The molecule has 0 bridgehead atoms. The standard InChI is InChI=1S/C15H23N3O2/c1-12-9-14(16-13-3-2-6-20-11-13)17-15(10-12)18-4-7-19-8-5-18/h9-10,13H,2-8,11H2,1H3,(H,16,17)/t13-/m0/s1. The molecular formula is C15H23N3O2. The first-order valence-electron chi connectivity index (χ1n) is 7.47. The monoisotopic (exact) mass is 277 g/mol. The summed E-state index contributed by atoms with van der Waals surface area (Å²) in [5, 5.41) is 3.51. The van der Waals surface area contributed by atoms with Crippen LogP contribution in [0.4, 0.5) is 11.6 Å². The Balaban J connectivity index is 1.71. The maximum absolute atomic E-state index is 5.51. The van der Waals surface area contributed by atoms with Crippen molar-refractivity contribution in [2.24, 2.45) is 0 Å². The highest BCUT2D eigenvalue weighted by Crippen LogP contribution is 2.20. The molecule has 2 saturated heterocycles. The van der Waals surface area contributed by atoms with Crippen molar-refractivity contribution in [1.82, 2.24) is 4.98 Å². The molecule has 110 valence electrons. The molecule has 1 aromatic heterocycles. The van der Waals surface area contributed by atoms with Gasteiger partial charge in [-0.3, -0.25) is 0 Å². The van der Waals surface area contributed by atoms with Crippen molar-refractivity contribution >= 4 is 11.6 Å². The second-order valence-corrected chi connectivity index (χ2v) is 5.55. The van der Waals surface area contributed by atoms with Crippen LogP contribution in [0.25, 0.3) is 0 Å². The molecule has 0 unspecified atom stereocenters. The molecule has 3 heterocycles. The van der Waals surface area contributed by atoms with Gasteiger partial charge in [-0.05, 0) is 37.5 Å². The van der Waals surface area contributed by atoms with E-state index in [-0.39, 0.29) is 0 Å². The normalized spacial score (nSPS) is 23.6. The van der Waals surface area contributed by atoms with E-state index >= 15 is 0 Å². The minimum Gasteiger partial charge on any atom is -0.379 e. The molecule has 0 radical (unpaired) electrons. The van der Waals surface area contributed by atoms with Gasteiger partial charge in [0.15, 0.2) is 0 Å². The second kappa shape index (κ2) is 6.41. The average Bonchev–Trinajstić information content (AvgIpc) is 2.49. The number of morpholine rings is 1. The van der Waals surface area contributed by atoms with Crippen LogP contribution in [-0.2, 0) is 9.47 Å². The number of nitrogens with one attached hydrogen (secondary N) is 1. The maximum atomic E-state index is 5.51. The molecule has 0 saturated carbocycles. The van der Waals surface area contributed by atoms with E-state index in [4.69, 9.17) is 14.5 Å². The van der Waals surface area contributed by atoms with Crippen LogP contribution in [-0.4, -0.2) is 50.5 Å². The van der Waals surface area contributed by atoms with E-state index in [2.05, 4.69) is 29.3 Å². The third kappa shape index (κ3) is 3.41. The van der Waals surface area contributed by atoms with Gasteiger partial charge in [-0.1, -0.05) is 0 Å². The Morgan fingerprint density at radius 3 is 2.80 bits per heavy atom. The first kappa shape index (κ1) is 13.6. The summed E-state index contributed by atoms with van der Waals surface area (Å²) in [5.41, 5.74) is 1.24. The lowest BCUT2D eigenvalue weighted by Crippen LogP contribution is -2.37. The highest BCUT2D eigenvalue weighted by Gasteiger charge is 2.16. The number of rotatable bonds is 3. The van der Waals surface area contributed by atoms with E-state index in [1.807, 2.05) is 0 Å². The summed E-state index contributed by atoms with van der Waals surface area (Å²) < 4.78 is 10.9. The molecule has 2 aliphatic heterocycles. The Hall–Kier alpha value is -1.33. The van der Waals surface area contributed by atoms with Crippen molar-refractivity contribution in [2.45, 2.75) is 25.8 Å². The summed E-state index contributed by atoms with van der Waals surface area (Å²) in [6, 6.07) is 4.64. The third-order valence-corrected chi connectivity index (χ3v) is 3.80. The molecule has 3 rings (SSSR count). The second-order valence-electron chi connectivity index (χ2n) is 5.55. The SMILES string of the molecule is Cc1cc(N[C@H]2CCCOC2)nc(N2CCOCC2)c1. The van der Waals surface area contributed by atoms with E-state index < -0.39 is 0 Å². The van der Waals surface area contributed by atoms with Crippen molar-refractivity contribution < 1.29 is 9.47 Å². The summed E-state index contributed by atoms with van der Waals surface area (Å²) in [6.45, 7) is 7.20. The van der Waals surface area contributed by atoms with Crippen LogP contribution in [0.5, 0.6) is 0 Å². The highest BCUT2D eigenvalue weighted by atomic mass is 16.5. The minimum atomic E-state index is 0.385. The molecule has 1 aromatic rings. The van der Waals surface area contributed by atoms with Gasteiger partial charge < -0.3 is 19.7 Å². The summed E-state index contributed by atoms with van der Waals surface area (Å²) in [4.78, 5) is 7.05. The van der Waals surface area contributed by atoms with E-state index in [1.165, 1.54) is 5.56 Å². The van der Waals surface area contributed by atoms with Crippen LogP contribution in [0, 0.1) is 6.92 Å². The molecular weight excluding hydrogens is 254 g/mol. The van der Waals surface area contributed by atoms with Gasteiger partial charge in [0.1, 0.15) is 11.6 Å². The summed E-state index contributed by atoms with van der Waals surface area (Å²) in [5.74, 6) is 2.01. The molecule has 0 aromatic carbocycles. The van der Waals surface area contributed by atoms with Crippen molar-refractivity contribution in [3.63, 3.8) is 0 Å². The quantitative estimate of drug-likeness (QED) is 0.913. The van der Waals surface area contributed by atoms with Crippen molar-refractivity contribution in [3.8, 4) is 0 Å². The number of anilines is 2. The molecule has 2 fully saturated rings. The van der Waals surface area contributed by atoms with Crippen LogP contribution < -0.4 is 10.2 Å². The van der Waals surface area contributed by atoms with Gasteiger partial charge in [-0.25, -0.2) is 4.98 Å². The lowest BCUT2D eigenvalue weighted by atomic mass is 10.1. The van der Waals surface area contributed by atoms with Crippen LogP contribution >= 0.6 is 0 Å². The van der Waals surface area contributed by atoms with Crippen LogP contribution in [0.2, 0.25) is 0 Å². The molecule has 1 atom stereocenters. The van der Waals surface area contributed by atoms with Crippen LogP contribution in [0.15, 0.2) is 12.1 Å². The number of aryl methyl sites for hydroxylation is 1. The Bertz CT molecular complexity index is 441. The van der Waals surface area contributed by atoms with E-state index in [0.717, 1.165) is 64.0 Å². The zero-order valence-corrected chi connectivity index (χ0v) is 12.1. The molecule has 0 amide bonds. The molecule has 2 aliphatic rings. The molecule has 0 spiro atoms. The number of nitrogens with zero attached hydrogens (tertiary/aromatic N) is 2. The maximum Gasteiger partial charge on any atom is 0.131 e. The fraction of sp³-hybridized carbons (Fsp3) is 0.667. The molecule has 0 aliphatic carbocycles. The van der Waals surface area contributed by atoms with Gasteiger partial charge >= 0.3 is 0 Å². The topological polar surface area (TPSA) is 46.6 Å². The summed E-state index contributed by atoms with van der Waals surface area (Å²) in [7, 11) is 0. The smallest absolute Gasteiger partial charge is 0.131 e. The summed E-state index contributed by atoms with van der Waals surface area (Å²) in [6.07, 6.45) is 2.28. The first-order chi connectivity index (χ1) is 9.81. The van der Waals surface area contributed by atoms with Gasteiger partial charge in [-0.15, -0.1) is 0 Å². The number of hydrogen-bond acceptors (Lipinski definition) is 5. The molecule has 1 N–H and O–H groups in total. The van der Waals surface area contributed by atoms with E-state index in [9.17, 15) is 0 Å². The van der Waals surface area contributed by atoms with Crippen molar-refractivity contribution in [3.05, 3.63) is 17.7 Å². The zero-order valence-electron chi connectivity index (χ0n) is 12.1. The fourth-order valence-electron chi connectivity index (χ4n) is 2.74. The molecule has 5 nitrogen and oxygen atoms in total. The number of hydrogen-bond donors (Lipinski definition) is 1. The van der Waals surface area contributed by atoms with Gasteiger partial charge in [0.05, 0.1) is 25.9 Å². The van der Waals surface area contributed by atoms with Gasteiger partial charge in [0.25, 0.3) is 0 Å². The minimum absolute atomic E-state index is 0.385. The Morgan fingerprint density at radius 1 is 1.20 bits per heavy atom. The van der Waals surface area contributed by atoms with Gasteiger partial charge in [0, 0.05) is 19.7 Å². The number of pyridine rings is 1. The fourth-order valence-corrected chi connectivity index (χ4v) is 2.74. The molecule has 5 heteroatoms. The van der Waals surface area contributed by atoms with Crippen LogP contribution in [0.1, 0.15) is 18.4 Å². The number of aromatic nitrogens is 1. The first-order valence-corrected chi connectivity index (χ1v) is 7.47. The Morgan fingerprint density at radius 2 is 2.05 bits per heavy atom. The predicted molar refractivity (Wildman–Crippen MR) is 79.5 cm³/mol. The van der Waals surface area contributed by atoms with Crippen LogP contribution in [0.3, 0.4) is 0 Å². The summed E-state index contributed by atoms with van der Waals surface area (Å²) >= 11 is 0. The largest absolute Gasteiger partial charge is 0.379 e. The van der Waals surface area contributed by atoms with E-state index in [0.29, 0.717) is 6.04 Å². The zero-order chi connectivity index (χ0) is 13.8. The third-order valence-electron chi connectivity index (χ3n) is 3.80. The van der Waals surface area contributed by atoms with Gasteiger partial charge in [-0.2, -0.15) is 0 Å².